The Bertz CT molecular complexity index is 1680. The minimum Gasteiger partial charge on any atom is -0.494 e. The van der Waals surface area contributed by atoms with Crippen LogP contribution in [0.15, 0.2) is 30.3 Å². The van der Waals surface area contributed by atoms with Gasteiger partial charge in [0.05, 0.1) is 38.5 Å². The van der Waals surface area contributed by atoms with Crippen molar-refractivity contribution in [1.82, 2.24) is 0 Å². The molecule has 2 aromatic rings. The van der Waals surface area contributed by atoms with Crippen molar-refractivity contribution in [3.63, 3.8) is 0 Å². The molecule has 290 valence electrons. The third-order valence-corrected chi connectivity index (χ3v) is 14.9. The van der Waals surface area contributed by atoms with E-state index in [1.165, 1.54) is 41.3 Å². The fourth-order valence-electron chi connectivity index (χ4n) is 11.7. The van der Waals surface area contributed by atoms with Gasteiger partial charge in [-0.2, -0.15) is 0 Å². The number of fused-ring (bicyclic) bond motifs is 5. The van der Waals surface area contributed by atoms with Crippen molar-refractivity contribution < 1.29 is 37.3 Å². The van der Waals surface area contributed by atoms with Gasteiger partial charge in [0.1, 0.15) is 11.1 Å². The van der Waals surface area contributed by atoms with E-state index in [4.69, 9.17) is 42.1 Å². The maximum atomic E-state index is 14.5. The molecule has 0 heterocycles. The van der Waals surface area contributed by atoms with E-state index in [2.05, 4.69) is 26.8 Å². The first-order chi connectivity index (χ1) is 25.1. The molecule has 0 aliphatic heterocycles. The minimum absolute atomic E-state index is 0.0347. The minimum atomic E-state index is -2.51. The zero-order valence-corrected chi connectivity index (χ0v) is 33.6. The van der Waals surface area contributed by atoms with Crippen molar-refractivity contribution in [3.8, 4) is 11.5 Å². The highest BCUT2D eigenvalue weighted by Gasteiger charge is 2.62. The average molecular weight is 776 g/mol. The van der Waals surface area contributed by atoms with Crippen LogP contribution in [0.5, 0.6) is 11.5 Å². The van der Waals surface area contributed by atoms with E-state index >= 15 is 0 Å². The van der Waals surface area contributed by atoms with Gasteiger partial charge in [0.15, 0.2) is 11.5 Å². The number of methoxy groups -OCH3 is 4. The fraction of sp³-hybridized carbons (Fsp3) is 0.628. The molecule has 0 radical (unpaired) electrons. The predicted molar refractivity (Wildman–Crippen MR) is 204 cm³/mol. The highest BCUT2D eigenvalue weighted by Crippen LogP contribution is 2.69. The molecule has 0 amide bonds. The number of allylic oxidation sites excluding steroid dienone is 1. The van der Waals surface area contributed by atoms with Crippen LogP contribution < -0.4 is 9.47 Å². The Kier molecular flexibility index (Phi) is 11.5. The van der Waals surface area contributed by atoms with Gasteiger partial charge < -0.3 is 18.9 Å². The molecule has 0 bridgehead atoms. The zero-order chi connectivity index (χ0) is 38.5. The summed E-state index contributed by atoms with van der Waals surface area (Å²) in [7, 11) is 5.49. The summed E-state index contributed by atoms with van der Waals surface area (Å²) in [5.74, 6) is -0.321. The van der Waals surface area contributed by atoms with Crippen molar-refractivity contribution in [2.75, 3.05) is 28.4 Å². The second-order valence-electron chi connectivity index (χ2n) is 16.7. The molecule has 4 aliphatic rings. The van der Waals surface area contributed by atoms with Crippen molar-refractivity contribution in [2.45, 2.75) is 97.3 Å². The molecule has 2 aromatic carbocycles. The molecular weight excluding hydrogens is 721 g/mol. The van der Waals surface area contributed by atoms with Gasteiger partial charge in [-0.15, -0.1) is 0 Å². The lowest BCUT2D eigenvalue weighted by atomic mass is 9.44. The molecule has 0 spiro atoms. The van der Waals surface area contributed by atoms with Gasteiger partial charge in [0.2, 0.25) is 5.92 Å². The number of alkyl halides is 2. The van der Waals surface area contributed by atoms with E-state index in [0.717, 1.165) is 44.1 Å². The number of ether oxygens (including phenoxy) is 4. The molecular formula is C43H54Cl2F2O6. The first-order valence-corrected chi connectivity index (χ1v) is 19.9. The summed E-state index contributed by atoms with van der Waals surface area (Å²) in [5.41, 5.74) is 2.62. The molecule has 4 saturated carbocycles. The second kappa shape index (κ2) is 15.4. The smallest absolute Gasteiger partial charge is 0.341 e. The van der Waals surface area contributed by atoms with Crippen LogP contribution in [-0.2, 0) is 9.47 Å². The molecule has 4 fully saturated rings. The maximum absolute atomic E-state index is 14.5. The average Bonchev–Trinajstić information content (AvgIpc) is 3.49. The summed E-state index contributed by atoms with van der Waals surface area (Å²) in [4.78, 5) is 25.7. The molecule has 4 aliphatic carbocycles. The van der Waals surface area contributed by atoms with Crippen LogP contribution in [0, 0.1) is 46.3 Å². The molecule has 0 unspecified atom stereocenters. The molecule has 0 N–H and O–H groups in total. The Balaban J connectivity index is 1.28. The van der Waals surface area contributed by atoms with Gasteiger partial charge in [-0.05, 0) is 145 Å². The van der Waals surface area contributed by atoms with Gasteiger partial charge in [-0.1, -0.05) is 50.0 Å². The topological polar surface area (TPSA) is 71.1 Å². The lowest BCUT2D eigenvalue weighted by molar-refractivity contribution is -0.164. The van der Waals surface area contributed by atoms with E-state index in [-0.39, 0.29) is 62.3 Å². The fourth-order valence-corrected chi connectivity index (χ4v) is 12.3. The van der Waals surface area contributed by atoms with Crippen molar-refractivity contribution in [1.29, 1.82) is 0 Å². The monoisotopic (exact) mass is 774 g/mol. The second-order valence-corrected chi connectivity index (χ2v) is 17.5. The van der Waals surface area contributed by atoms with Gasteiger partial charge in [-0.25, -0.2) is 18.4 Å². The third kappa shape index (κ3) is 7.21. The zero-order valence-electron chi connectivity index (χ0n) is 32.1. The van der Waals surface area contributed by atoms with Crippen LogP contribution in [0.3, 0.4) is 0 Å². The van der Waals surface area contributed by atoms with Gasteiger partial charge in [0, 0.05) is 12.8 Å². The van der Waals surface area contributed by atoms with E-state index in [1.807, 2.05) is 0 Å². The number of hydrogen-bond donors (Lipinski definition) is 0. The number of carbonyl (C=O) groups is 2. The van der Waals surface area contributed by atoms with Gasteiger partial charge in [0.25, 0.3) is 0 Å². The van der Waals surface area contributed by atoms with Crippen LogP contribution in [-0.4, -0.2) is 46.3 Å². The van der Waals surface area contributed by atoms with E-state index < -0.39 is 17.9 Å². The third-order valence-electron chi connectivity index (χ3n) is 14.3. The first kappa shape index (κ1) is 39.8. The lowest BCUT2D eigenvalue weighted by Crippen LogP contribution is -2.55. The summed E-state index contributed by atoms with van der Waals surface area (Å²) >= 11 is 13.4. The lowest BCUT2D eigenvalue weighted by Gasteiger charge is -2.61. The largest absolute Gasteiger partial charge is 0.494 e. The highest BCUT2D eigenvalue weighted by molar-refractivity contribution is 6.33. The van der Waals surface area contributed by atoms with Gasteiger partial charge >= 0.3 is 11.9 Å². The summed E-state index contributed by atoms with van der Waals surface area (Å²) in [6, 6.07) is 6.85. The summed E-state index contributed by atoms with van der Waals surface area (Å²) in [5, 5.41) is 0.477. The van der Waals surface area contributed by atoms with Crippen LogP contribution in [0.25, 0.3) is 5.57 Å². The van der Waals surface area contributed by atoms with Crippen molar-refractivity contribution in [3.05, 3.63) is 62.6 Å². The quantitative estimate of drug-likeness (QED) is 0.224. The predicted octanol–water partition coefficient (Wildman–Crippen LogP) is 11.7. The number of hydrogen-bond acceptors (Lipinski definition) is 6. The molecule has 6 rings (SSSR count). The normalized spacial score (nSPS) is 30.6. The summed E-state index contributed by atoms with van der Waals surface area (Å²) in [6.45, 7) is 7.24. The molecule has 53 heavy (non-hydrogen) atoms. The Morgan fingerprint density at radius 3 is 1.91 bits per heavy atom. The van der Waals surface area contributed by atoms with Crippen LogP contribution in [0.2, 0.25) is 10.0 Å². The maximum Gasteiger partial charge on any atom is 0.341 e. The number of halogens is 4. The standard InChI is InChI=1S/C43H54Cl2F2O6/c1-24(32-13-14-33-29-12-11-27-23-43(46,47)18-17-41(27,2)34(29)15-16-42(32,33)3)9-8-10-28(25-19-30(39(48)52-6)37(50-4)35(44)21-25)26-20-31(40(49)53-7)38(51-5)36(45)22-26/h10,19-22,24,27,29,32-34H,8-9,11-18,23H2,1-7H3/t24-,27-,29+,32-,33+,34+,41+,42-/m1/s1. The molecule has 0 saturated heterocycles. The Morgan fingerprint density at radius 2 is 1.36 bits per heavy atom. The molecule has 8 atom stereocenters. The molecule has 0 aromatic heterocycles. The Morgan fingerprint density at radius 1 is 0.792 bits per heavy atom. The molecule has 10 heteroatoms. The van der Waals surface area contributed by atoms with Crippen LogP contribution in [0.1, 0.15) is 123 Å². The summed E-state index contributed by atoms with van der Waals surface area (Å²) in [6.07, 6.45) is 11.3. The SMILES string of the molecule is COC(=O)c1cc(C(=CCC[C@@H](C)[C@H]2CC[C@H]3[C@@H]4CC[C@@H]5CC(F)(F)CC[C@]5(C)[C@H]4CC[C@]23C)c2cc(Cl)c(OC)c(C(=O)OC)c2)cc(Cl)c1OC. The van der Waals surface area contributed by atoms with Crippen LogP contribution in [0.4, 0.5) is 8.78 Å². The number of carbonyl (C=O) groups excluding carboxylic acids is 2. The van der Waals surface area contributed by atoms with Crippen LogP contribution >= 0.6 is 23.2 Å². The Labute approximate surface area is 323 Å². The van der Waals surface area contributed by atoms with Crippen molar-refractivity contribution >= 4 is 40.7 Å². The van der Waals surface area contributed by atoms with E-state index in [9.17, 15) is 18.4 Å². The van der Waals surface area contributed by atoms with Gasteiger partial charge in [-0.3, -0.25) is 0 Å². The van der Waals surface area contributed by atoms with E-state index in [1.54, 1.807) is 24.3 Å². The van der Waals surface area contributed by atoms with Crippen molar-refractivity contribution in [2.24, 2.45) is 46.3 Å². The number of rotatable bonds is 10. The highest BCUT2D eigenvalue weighted by atomic mass is 35.5. The molecule has 6 nitrogen and oxygen atoms in total. The van der Waals surface area contributed by atoms with E-state index in [0.29, 0.717) is 47.1 Å². The first-order valence-electron chi connectivity index (χ1n) is 19.1. The summed E-state index contributed by atoms with van der Waals surface area (Å²) < 4.78 is 50.0. The Hall–Kier alpha value is -2.84. The number of esters is 2. The number of benzene rings is 2.